The molecule has 1 aliphatic rings. The predicted molar refractivity (Wildman–Crippen MR) is 112 cm³/mol. The van der Waals surface area contributed by atoms with E-state index in [1.165, 1.54) is 0 Å². The lowest BCUT2D eigenvalue weighted by atomic mass is 10.1. The first-order valence-electron chi connectivity index (χ1n) is 9.61. The summed E-state index contributed by atoms with van der Waals surface area (Å²) >= 11 is 1.58. The lowest BCUT2D eigenvalue weighted by molar-refractivity contribution is -0.121. The molecule has 1 saturated carbocycles. The van der Waals surface area contributed by atoms with Gasteiger partial charge >= 0.3 is 0 Å². The van der Waals surface area contributed by atoms with Gasteiger partial charge in [0.15, 0.2) is 0 Å². The number of thiazole rings is 1. The van der Waals surface area contributed by atoms with E-state index >= 15 is 0 Å². The summed E-state index contributed by atoms with van der Waals surface area (Å²) in [6.45, 7) is 0. The molecule has 148 valence electrons. The van der Waals surface area contributed by atoms with Gasteiger partial charge in [0.2, 0.25) is 17.7 Å². The van der Waals surface area contributed by atoms with Gasteiger partial charge in [0.05, 0.1) is 22.7 Å². The van der Waals surface area contributed by atoms with Crippen molar-refractivity contribution in [3.63, 3.8) is 0 Å². The highest BCUT2D eigenvalue weighted by Gasteiger charge is 2.44. The molecule has 1 amide bonds. The Morgan fingerprint density at radius 2 is 1.93 bits per heavy atom. The Labute approximate surface area is 176 Å². The number of nitriles is 1. The van der Waals surface area contributed by atoms with Crippen LogP contribution >= 0.6 is 11.3 Å². The zero-order valence-electron chi connectivity index (χ0n) is 16.0. The van der Waals surface area contributed by atoms with Crippen molar-refractivity contribution in [3.8, 4) is 17.2 Å². The Morgan fingerprint density at radius 3 is 2.70 bits per heavy atom. The number of rotatable bonds is 6. The molecule has 2 heterocycles. The van der Waals surface area contributed by atoms with Crippen LogP contribution in [-0.4, -0.2) is 26.6 Å². The molecule has 2 aromatic heterocycles. The number of fused-ring (bicyclic) bond motifs is 1. The lowest BCUT2D eigenvalue weighted by Crippen LogP contribution is -2.36. The Balaban J connectivity index is 1.28. The number of amides is 1. The third-order valence-electron chi connectivity index (χ3n) is 5.00. The average molecular weight is 415 g/mol. The van der Waals surface area contributed by atoms with Crippen LogP contribution in [0.5, 0.6) is 0 Å². The van der Waals surface area contributed by atoms with Gasteiger partial charge in [0, 0.05) is 0 Å². The van der Waals surface area contributed by atoms with Gasteiger partial charge in [-0.15, -0.1) is 21.5 Å². The number of carbonyl (C=O) groups excluding carboxylic acids is 1. The summed E-state index contributed by atoms with van der Waals surface area (Å²) in [4.78, 5) is 16.8. The predicted octanol–water partition coefficient (Wildman–Crippen LogP) is 3.65. The molecule has 2 aromatic carbocycles. The zero-order chi connectivity index (χ0) is 20.6. The molecule has 5 rings (SSSR count). The van der Waals surface area contributed by atoms with E-state index in [1.54, 1.807) is 11.3 Å². The molecule has 0 radical (unpaired) electrons. The average Bonchev–Trinajstić information content (AvgIpc) is 3.20. The van der Waals surface area contributed by atoms with E-state index in [4.69, 9.17) is 14.7 Å². The summed E-state index contributed by atoms with van der Waals surface area (Å²) in [5.41, 5.74) is 2.51. The smallest absolute Gasteiger partial charge is 0.230 e. The zero-order valence-corrected chi connectivity index (χ0v) is 16.8. The first kappa shape index (κ1) is 18.5. The molecule has 1 N–H and O–H groups in total. The van der Waals surface area contributed by atoms with E-state index in [2.05, 4.69) is 51.9 Å². The molecule has 0 atom stereocenters. The number of hydrogen-bond donors (Lipinski definition) is 1. The summed E-state index contributed by atoms with van der Waals surface area (Å²) < 4.78 is 6.71. The van der Waals surface area contributed by atoms with Crippen molar-refractivity contribution in [2.24, 2.45) is 0 Å². The standard InChI is InChI=1S/C22H17N5O2S/c23-13-22(8-9-22)25-18(28)11-19-26-27-20(29-19)12-21-24-16-10-15(6-7-17(16)30-21)14-4-2-1-3-5-14/h1-7,10H,8-9,11-12H2,(H,25,28). The highest BCUT2D eigenvalue weighted by atomic mass is 32.1. The minimum Gasteiger partial charge on any atom is -0.424 e. The highest BCUT2D eigenvalue weighted by Crippen LogP contribution is 2.34. The van der Waals surface area contributed by atoms with Crippen LogP contribution in [-0.2, 0) is 17.6 Å². The molecule has 0 bridgehead atoms. The summed E-state index contributed by atoms with van der Waals surface area (Å²) in [5, 5.41) is 20.6. The first-order chi connectivity index (χ1) is 14.6. The molecular formula is C22H17N5O2S. The Morgan fingerprint density at radius 1 is 1.13 bits per heavy atom. The van der Waals surface area contributed by atoms with E-state index < -0.39 is 5.54 Å². The van der Waals surface area contributed by atoms with Crippen molar-refractivity contribution >= 4 is 27.5 Å². The second-order valence-electron chi connectivity index (χ2n) is 7.34. The van der Waals surface area contributed by atoms with Gasteiger partial charge in [-0.2, -0.15) is 5.26 Å². The van der Waals surface area contributed by atoms with Gasteiger partial charge in [0.1, 0.15) is 17.0 Å². The fourth-order valence-electron chi connectivity index (χ4n) is 3.26. The molecular weight excluding hydrogens is 398 g/mol. The maximum atomic E-state index is 12.1. The van der Waals surface area contributed by atoms with Crippen LogP contribution in [0.25, 0.3) is 21.3 Å². The maximum absolute atomic E-state index is 12.1. The Bertz CT molecular complexity index is 1270. The van der Waals surface area contributed by atoms with E-state index in [1.807, 2.05) is 18.2 Å². The lowest BCUT2D eigenvalue weighted by Gasteiger charge is -2.06. The first-order valence-corrected chi connectivity index (χ1v) is 10.4. The summed E-state index contributed by atoms with van der Waals surface area (Å²) in [7, 11) is 0. The molecule has 0 spiro atoms. The Hall–Kier alpha value is -3.57. The van der Waals surface area contributed by atoms with Crippen LogP contribution in [0.15, 0.2) is 52.9 Å². The van der Waals surface area contributed by atoms with Gasteiger partial charge in [0.25, 0.3) is 0 Å². The van der Waals surface area contributed by atoms with Crippen molar-refractivity contribution in [2.75, 3.05) is 0 Å². The quantitative estimate of drug-likeness (QED) is 0.515. The fourth-order valence-corrected chi connectivity index (χ4v) is 4.20. The highest BCUT2D eigenvalue weighted by molar-refractivity contribution is 7.18. The number of hydrogen-bond acceptors (Lipinski definition) is 7. The monoisotopic (exact) mass is 415 g/mol. The van der Waals surface area contributed by atoms with Crippen LogP contribution < -0.4 is 5.32 Å². The molecule has 1 aliphatic carbocycles. The van der Waals surface area contributed by atoms with Crippen molar-refractivity contribution in [2.45, 2.75) is 31.2 Å². The number of benzene rings is 2. The normalized spacial score (nSPS) is 14.4. The van der Waals surface area contributed by atoms with Crippen molar-refractivity contribution in [1.29, 1.82) is 5.26 Å². The molecule has 1 fully saturated rings. The van der Waals surface area contributed by atoms with Crippen molar-refractivity contribution in [3.05, 3.63) is 65.3 Å². The maximum Gasteiger partial charge on any atom is 0.230 e. The largest absolute Gasteiger partial charge is 0.424 e. The number of carbonyl (C=O) groups is 1. The molecule has 4 aromatic rings. The van der Waals surface area contributed by atoms with Gasteiger partial charge in [-0.3, -0.25) is 4.79 Å². The van der Waals surface area contributed by atoms with Crippen LogP contribution in [0.3, 0.4) is 0 Å². The van der Waals surface area contributed by atoms with Crippen molar-refractivity contribution in [1.82, 2.24) is 20.5 Å². The van der Waals surface area contributed by atoms with Crippen LogP contribution in [0.1, 0.15) is 29.6 Å². The molecule has 0 unspecified atom stereocenters. The van der Waals surface area contributed by atoms with E-state index in [9.17, 15) is 4.79 Å². The van der Waals surface area contributed by atoms with Gasteiger partial charge in [-0.1, -0.05) is 36.4 Å². The van der Waals surface area contributed by atoms with E-state index in [0.717, 1.165) is 26.4 Å². The third kappa shape index (κ3) is 3.80. The van der Waals surface area contributed by atoms with E-state index in [-0.39, 0.29) is 18.2 Å². The summed E-state index contributed by atoms with van der Waals surface area (Å²) in [6.07, 6.45) is 1.76. The van der Waals surface area contributed by atoms with Crippen molar-refractivity contribution < 1.29 is 9.21 Å². The van der Waals surface area contributed by atoms with E-state index in [0.29, 0.717) is 25.2 Å². The molecule has 8 heteroatoms. The minimum absolute atomic E-state index is 0.0310. The van der Waals surface area contributed by atoms with Crippen LogP contribution in [0.2, 0.25) is 0 Å². The second kappa shape index (κ2) is 7.35. The number of aromatic nitrogens is 3. The number of nitrogens with zero attached hydrogens (tertiary/aromatic N) is 4. The van der Waals surface area contributed by atoms with Crippen LogP contribution in [0.4, 0.5) is 0 Å². The molecule has 30 heavy (non-hydrogen) atoms. The SMILES string of the molecule is N#CC1(NC(=O)Cc2nnc(Cc3nc4cc(-c5ccccc5)ccc4s3)o2)CC1. The van der Waals surface area contributed by atoms with Gasteiger partial charge in [-0.25, -0.2) is 4.98 Å². The molecule has 0 saturated heterocycles. The number of nitrogens with one attached hydrogen (secondary N) is 1. The molecule has 0 aliphatic heterocycles. The third-order valence-corrected chi connectivity index (χ3v) is 6.04. The van der Waals surface area contributed by atoms with Crippen LogP contribution in [0, 0.1) is 11.3 Å². The topological polar surface area (TPSA) is 105 Å². The molecule has 7 nitrogen and oxygen atoms in total. The van der Waals surface area contributed by atoms with Gasteiger partial charge in [-0.05, 0) is 36.1 Å². The Kier molecular flexibility index (Phi) is 4.52. The summed E-state index contributed by atoms with van der Waals surface area (Å²) in [6, 6.07) is 18.6. The second-order valence-corrected chi connectivity index (χ2v) is 8.46. The summed E-state index contributed by atoms with van der Waals surface area (Å²) in [5.74, 6) is 0.378. The van der Waals surface area contributed by atoms with Gasteiger partial charge < -0.3 is 9.73 Å². The fraction of sp³-hybridized carbons (Fsp3) is 0.227. The minimum atomic E-state index is -0.695.